The molecule has 0 bridgehead atoms. The number of morpholine rings is 1. The fourth-order valence-corrected chi connectivity index (χ4v) is 5.04. The monoisotopic (exact) mass is 615 g/mol. The Kier molecular flexibility index (Phi) is 8.75. The second kappa shape index (κ2) is 12.5. The Morgan fingerprint density at radius 2 is 1.72 bits per heavy atom. The van der Waals surface area contributed by atoms with E-state index in [0.29, 0.717) is 24.3 Å². The van der Waals surface area contributed by atoms with E-state index < -0.39 is 27.7 Å². The number of benzene rings is 2. The predicted molar refractivity (Wildman–Crippen MR) is 156 cm³/mol. The molecule has 1 aliphatic heterocycles. The van der Waals surface area contributed by atoms with Crippen LogP contribution in [0.25, 0.3) is 22.2 Å². The predicted octanol–water partition coefficient (Wildman–Crippen LogP) is 3.57. The van der Waals surface area contributed by atoms with Gasteiger partial charge >= 0.3 is 6.18 Å². The highest BCUT2D eigenvalue weighted by Crippen LogP contribution is 2.38. The number of nitrogens with one attached hydrogen (secondary N) is 3. The maximum atomic E-state index is 13.9. The van der Waals surface area contributed by atoms with E-state index in [0.717, 1.165) is 31.1 Å². The van der Waals surface area contributed by atoms with Gasteiger partial charge in [0.05, 0.1) is 25.0 Å². The number of anilines is 3. The van der Waals surface area contributed by atoms with E-state index in [2.05, 4.69) is 35.2 Å². The van der Waals surface area contributed by atoms with Crippen molar-refractivity contribution in [1.29, 1.82) is 0 Å². The lowest BCUT2D eigenvalue weighted by molar-refractivity contribution is -0.137. The highest BCUT2D eigenvalue weighted by atomic mass is 32.2. The number of carbonyl (C=O) groups is 1. The maximum absolute atomic E-state index is 13.9. The molecule has 0 aliphatic carbocycles. The molecule has 5 rings (SSSR count). The van der Waals surface area contributed by atoms with Crippen molar-refractivity contribution in [3.63, 3.8) is 0 Å². The fraction of sp³-hybridized carbons (Fsp3) is 0.286. The minimum absolute atomic E-state index is 0.0722. The Balaban J connectivity index is 1.47. The molecule has 0 unspecified atom stereocenters. The molecule has 3 heterocycles. The largest absolute Gasteiger partial charge is 0.417 e. The number of amides is 1. The van der Waals surface area contributed by atoms with E-state index in [1.54, 1.807) is 0 Å². The van der Waals surface area contributed by atoms with Crippen molar-refractivity contribution in [2.24, 2.45) is 0 Å². The summed E-state index contributed by atoms with van der Waals surface area (Å²) in [5.74, 6) is -0.623. The number of ether oxygens (including phenoxy) is 1. The number of aromatic nitrogens is 3. The summed E-state index contributed by atoms with van der Waals surface area (Å²) in [5, 5.41) is 5.91. The van der Waals surface area contributed by atoms with Crippen LogP contribution in [-0.2, 0) is 20.9 Å². The van der Waals surface area contributed by atoms with Gasteiger partial charge < -0.3 is 20.3 Å². The van der Waals surface area contributed by atoms with E-state index in [4.69, 9.17) is 4.74 Å². The van der Waals surface area contributed by atoms with Crippen LogP contribution in [0, 0.1) is 0 Å². The van der Waals surface area contributed by atoms with Gasteiger partial charge in [0.1, 0.15) is 5.69 Å². The fourth-order valence-electron chi connectivity index (χ4n) is 4.57. The van der Waals surface area contributed by atoms with Gasteiger partial charge in [0, 0.05) is 54.7 Å². The molecule has 0 atom stereocenters. The SMILES string of the molecule is CS(=O)(=O)NCCNC(=O)c1nc2nc(Nc3ccc(N4CCOCC4)cc3)ncc2cc1-c1ccccc1C(F)(F)F. The third kappa shape index (κ3) is 7.55. The smallest absolute Gasteiger partial charge is 0.378 e. The maximum Gasteiger partial charge on any atom is 0.417 e. The number of alkyl halides is 3. The van der Waals surface area contributed by atoms with Gasteiger partial charge in [-0.3, -0.25) is 4.79 Å². The Bertz CT molecular complexity index is 1730. The molecule has 1 fully saturated rings. The number of carbonyl (C=O) groups excluding carboxylic acids is 1. The van der Waals surface area contributed by atoms with Gasteiger partial charge in [-0.1, -0.05) is 18.2 Å². The molecule has 0 saturated carbocycles. The summed E-state index contributed by atoms with van der Waals surface area (Å²) >= 11 is 0. The molecule has 4 aromatic rings. The third-order valence-electron chi connectivity index (χ3n) is 6.58. The van der Waals surface area contributed by atoms with Crippen molar-refractivity contribution in [1.82, 2.24) is 25.0 Å². The molecule has 0 radical (unpaired) electrons. The van der Waals surface area contributed by atoms with Gasteiger partial charge in [-0.15, -0.1) is 0 Å². The van der Waals surface area contributed by atoms with Crippen molar-refractivity contribution in [3.8, 4) is 11.1 Å². The molecule has 11 nitrogen and oxygen atoms in total. The molecule has 43 heavy (non-hydrogen) atoms. The minimum atomic E-state index is -4.69. The number of halogens is 3. The average Bonchev–Trinajstić information content (AvgIpc) is 2.98. The lowest BCUT2D eigenvalue weighted by Crippen LogP contribution is -2.36. The highest BCUT2D eigenvalue weighted by molar-refractivity contribution is 7.88. The Hall–Kier alpha value is -4.34. The van der Waals surface area contributed by atoms with Crippen molar-refractivity contribution in [2.45, 2.75) is 6.18 Å². The number of rotatable bonds is 9. The first-order chi connectivity index (χ1) is 20.5. The summed E-state index contributed by atoms with van der Waals surface area (Å²) in [5.41, 5.74) is 0.262. The molecule has 2 aromatic heterocycles. The zero-order valence-corrected chi connectivity index (χ0v) is 23.8. The summed E-state index contributed by atoms with van der Waals surface area (Å²) < 4.78 is 72.0. The molecule has 3 N–H and O–H groups in total. The minimum Gasteiger partial charge on any atom is -0.378 e. The molecule has 226 valence electrons. The van der Waals surface area contributed by atoms with E-state index in [9.17, 15) is 26.4 Å². The highest BCUT2D eigenvalue weighted by Gasteiger charge is 2.34. The number of sulfonamides is 1. The van der Waals surface area contributed by atoms with Gasteiger partial charge in [-0.25, -0.2) is 23.1 Å². The zero-order chi connectivity index (χ0) is 30.6. The van der Waals surface area contributed by atoms with Crippen LogP contribution in [0.4, 0.5) is 30.5 Å². The number of pyridine rings is 1. The van der Waals surface area contributed by atoms with E-state index in [-0.39, 0.29) is 41.5 Å². The third-order valence-corrected chi connectivity index (χ3v) is 7.31. The summed E-state index contributed by atoms with van der Waals surface area (Å²) in [6.45, 7) is 2.69. The van der Waals surface area contributed by atoms with Crippen LogP contribution < -0.4 is 20.3 Å². The number of fused-ring (bicyclic) bond motifs is 1. The summed E-state index contributed by atoms with van der Waals surface area (Å²) in [7, 11) is -3.50. The van der Waals surface area contributed by atoms with Gasteiger partial charge in [0.15, 0.2) is 5.65 Å². The van der Waals surface area contributed by atoms with Crippen molar-refractivity contribution < 1.29 is 31.1 Å². The topological polar surface area (TPSA) is 138 Å². The molecule has 2 aromatic carbocycles. The van der Waals surface area contributed by atoms with Gasteiger partial charge in [0.2, 0.25) is 16.0 Å². The summed E-state index contributed by atoms with van der Waals surface area (Å²) in [6, 6.07) is 13.9. The van der Waals surface area contributed by atoms with Crippen LogP contribution >= 0.6 is 0 Å². The second-order valence-electron chi connectivity index (χ2n) is 9.73. The Labute approximate surface area is 245 Å². The quantitative estimate of drug-likeness (QED) is 0.241. The molecule has 1 amide bonds. The van der Waals surface area contributed by atoms with Crippen LogP contribution in [0.1, 0.15) is 16.1 Å². The van der Waals surface area contributed by atoms with E-state index in [1.807, 2.05) is 24.3 Å². The molecular formula is C28H28F3N7O4S. The van der Waals surface area contributed by atoms with Gasteiger partial charge in [-0.05, 0) is 42.0 Å². The molecule has 1 saturated heterocycles. The standard InChI is InChI=1S/C28H28F3N7O4S/c1-43(40,41)34-11-10-32-26(39)24-22(21-4-2-3-5-23(21)28(29,30)31)16-18-17-33-27(37-25(18)36-24)35-19-6-8-20(9-7-19)38-12-14-42-15-13-38/h2-9,16-17,34H,10-15H2,1H3,(H,32,39)(H,33,35,36,37). The average molecular weight is 616 g/mol. The van der Waals surface area contributed by atoms with Gasteiger partial charge in [0.25, 0.3) is 5.91 Å². The van der Waals surface area contributed by atoms with Crippen LogP contribution in [0.5, 0.6) is 0 Å². The molecular weight excluding hydrogens is 587 g/mol. The van der Waals surface area contributed by atoms with Crippen LogP contribution in [0.15, 0.2) is 60.8 Å². The van der Waals surface area contributed by atoms with Crippen LogP contribution in [-0.4, -0.2) is 74.9 Å². The zero-order valence-electron chi connectivity index (χ0n) is 23.0. The molecule has 0 spiro atoms. The Morgan fingerprint density at radius 3 is 2.42 bits per heavy atom. The lowest BCUT2D eigenvalue weighted by Gasteiger charge is -2.28. The number of hydrogen-bond acceptors (Lipinski definition) is 9. The normalized spacial score (nSPS) is 14.1. The first-order valence-corrected chi connectivity index (χ1v) is 15.1. The van der Waals surface area contributed by atoms with Gasteiger partial charge in [-0.2, -0.15) is 18.2 Å². The van der Waals surface area contributed by atoms with E-state index >= 15 is 0 Å². The van der Waals surface area contributed by atoms with Crippen LogP contribution in [0.2, 0.25) is 0 Å². The molecule has 1 aliphatic rings. The summed E-state index contributed by atoms with van der Waals surface area (Å²) in [4.78, 5) is 28.5. The van der Waals surface area contributed by atoms with Crippen molar-refractivity contribution in [2.75, 3.05) is 55.9 Å². The second-order valence-corrected chi connectivity index (χ2v) is 11.6. The lowest BCUT2D eigenvalue weighted by atomic mass is 9.96. The van der Waals surface area contributed by atoms with Crippen molar-refractivity contribution >= 4 is 44.3 Å². The summed E-state index contributed by atoms with van der Waals surface area (Å²) in [6.07, 6.45) is -2.31. The van der Waals surface area contributed by atoms with Crippen LogP contribution in [0.3, 0.4) is 0 Å². The number of nitrogens with zero attached hydrogens (tertiary/aromatic N) is 4. The number of hydrogen-bond donors (Lipinski definition) is 3. The molecule has 15 heteroatoms. The first-order valence-electron chi connectivity index (χ1n) is 13.2. The Morgan fingerprint density at radius 1 is 1.00 bits per heavy atom. The first kappa shape index (κ1) is 30.1. The van der Waals surface area contributed by atoms with Crippen molar-refractivity contribution in [3.05, 3.63) is 72.1 Å². The van der Waals surface area contributed by atoms with E-state index in [1.165, 1.54) is 30.5 Å².